The van der Waals surface area contributed by atoms with E-state index in [4.69, 9.17) is 10.5 Å². The molecular weight excluding hydrogens is 416 g/mol. The summed E-state index contributed by atoms with van der Waals surface area (Å²) in [5, 5.41) is 1.08. The number of para-hydroxylation sites is 1. The molecule has 0 radical (unpaired) electrons. The molecule has 0 aliphatic carbocycles. The number of benzene rings is 2. The van der Waals surface area contributed by atoms with Crippen molar-refractivity contribution in [3.8, 4) is 11.1 Å². The Bertz CT molecular complexity index is 1310. The molecule has 7 nitrogen and oxygen atoms in total. The molecule has 7 heteroatoms. The Morgan fingerprint density at radius 3 is 2.79 bits per heavy atom. The van der Waals surface area contributed by atoms with Gasteiger partial charge in [-0.1, -0.05) is 36.4 Å². The zero-order chi connectivity index (χ0) is 22.8. The molecule has 3 heterocycles. The van der Waals surface area contributed by atoms with Gasteiger partial charge in [-0.15, -0.1) is 0 Å². The lowest BCUT2D eigenvalue weighted by molar-refractivity contribution is -0.138. The second kappa shape index (κ2) is 8.88. The number of carbonyl (C=O) groups is 2. The summed E-state index contributed by atoms with van der Waals surface area (Å²) >= 11 is 0. The highest BCUT2D eigenvalue weighted by Gasteiger charge is 2.26. The minimum Gasteiger partial charge on any atom is -0.368 e. The maximum absolute atomic E-state index is 13.0. The average molecular weight is 441 g/mol. The lowest BCUT2D eigenvalue weighted by Gasteiger charge is -2.32. The number of aromatic nitrogens is 2. The number of amides is 2. The van der Waals surface area contributed by atoms with Gasteiger partial charge in [0.2, 0.25) is 11.8 Å². The van der Waals surface area contributed by atoms with Crippen LogP contribution in [-0.2, 0) is 16.0 Å². The maximum atomic E-state index is 13.0. The van der Waals surface area contributed by atoms with Gasteiger partial charge in [-0.2, -0.15) is 0 Å². The Hall–Kier alpha value is -3.97. The molecule has 1 saturated heterocycles. The highest BCUT2D eigenvalue weighted by Crippen LogP contribution is 2.26. The highest BCUT2D eigenvalue weighted by molar-refractivity contribution is 5.94. The number of rotatable bonds is 5. The van der Waals surface area contributed by atoms with Gasteiger partial charge in [0.15, 0.2) is 0 Å². The fraction of sp³-hybridized carbons (Fsp3) is 0.192. The Balaban J connectivity index is 1.28. The molecule has 0 bridgehead atoms. The number of nitrogens with two attached hydrogens (primary N) is 1. The summed E-state index contributed by atoms with van der Waals surface area (Å²) in [4.78, 5) is 34.1. The Morgan fingerprint density at radius 1 is 1.09 bits per heavy atom. The first-order valence-corrected chi connectivity index (χ1v) is 10.9. The third-order valence-corrected chi connectivity index (χ3v) is 6.03. The molecule has 1 aliphatic rings. The van der Waals surface area contributed by atoms with Crippen molar-refractivity contribution in [3.05, 3.63) is 89.9 Å². The van der Waals surface area contributed by atoms with Gasteiger partial charge in [-0.05, 0) is 35.4 Å². The standard InChI is InChI=1S/C26H24N4O3/c27-26(32)18-5-3-4-17(12-18)19-8-9-23(29-14-19)24-16-30(10-11-33-24)25(31)13-20-15-28-22-7-2-1-6-21(20)22/h1-9,12,14-15,24,28H,10-11,13,16H2,(H2,27,32)/t24-/m1/s1. The number of nitrogens with zero attached hydrogens (tertiary/aromatic N) is 2. The number of pyridine rings is 1. The zero-order valence-corrected chi connectivity index (χ0v) is 18.0. The molecule has 0 saturated carbocycles. The summed E-state index contributed by atoms with van der Waals surface area (Å²) in [7, 11) is 0. The Morgan fingerprint density at radius 2 is 1.97 bits per heavy atom. The van der Waals surface area contributed by atoms with Gasteiger partial charge in [0.1, 0.15) is 6.10 Å². The zero-order valence-electron chi connectivity index (χ0n) is 18.0. The van der Waals surface area contributed by atoms with Gasteiger partial charge in [0, 0.05) is 41.0 Å². The lowest BCUT2D eigenvalue weighted by Crippen LogP contribution is -2.43. The first-order valence-electron chi connectivity index (χ1n) is 10.9. The minimum absolute atomic E-state index is 0.0768. The van der Waals surface area contributed by atoms with E-state index in [0.29, 0.717) is 31.7 Å². The highest BCUT2D eigenvalue weighted by atomic mass is 16.5. The van der Waals surface area contributed by atoms with E-state index >= 15 is 0 Å². The summed E-state index contributed by atoms with van der Waals surface area (Å²) in [6.45, 7) is 1.49. The lowest BCUT2D eigenvalue weighted by atomic mass is 10.0. The van der Waals surface area contributed by atoms with Crippen LogP contribution in [-0.4, -0.2) is 46.4 Å². The van der Waals surface area contributed by atoms with Crippen molar-refractivity contribution in [2.24, 2.45) is 5.73 Å². The maximum Gasteiger partial charge on any atom is 0.248 e. The molecule has 2 amide bonds. The molecule has 1 aliphatic heterocycles. The van der Waals surface area contributed by atoms with Crippen LogP contribution in [0.2, 0.25) is 0 Å². The van der Waals surface area contributed by atoms with Gasteiger partial charge >= 0.3 is 0 Å². The predicted molar refractivity (Wildman–Crippen MR) is 125 cm³/mol. The van der Waals surface area contributed by atoms with Crippen LogP contribution in [0.5, 0.6) is 0 Å². The smallest absolute Gasteiger partial charge is 0.248 e. The van der Waals surface area contributed by atoms with Gasteiger partial charge < -0.3 is 20.4 Å². The van der Waals surface area contributed by atoms with E-state index < -0.39 is 5.91 Å². The Labute approximate surface area is 191 Å². The molecule has 2 aromatic carbocycles. The number of hydrogen-bond donors (Lipinski definition) is 2. The second-order valence-corrected chi connectivity index (χ2v) is 8.15. The summed E-state index contributed by atoms with van der Waals surface area (Å²) in [5.74, 6) is -0.387. The van der Waals surface area contributed by atoms with Crippen molar-refractivity contribution in [2.45, 2.75) is 12.5 Å². The molecule has 5 rings (SSSR count). The van der Waals surface area contributed by atoms with E-state index in [1.807, 2.05) is 53.6 Å². The Kier molecular flexibility index (Phi) is 5.62. The third kappa shape index (κ3) is 4.36. The van der Waals surface area contributed by atoms with E-state index in [1.54, 1.807) is 24.4 Å². The van der Waals surface area contributed by atoms with Crippen molar-refractivity contribution in [2.75, 3.05) is 19.7 Å². The number of primary amides is 1. The molecule has 4 aromatic rings. The number of fused-ring (bicyclic) bond motifs is 1. The van der Waals surface area contributed by atoms with Crippen molar-refractivity contribution >= 4 is 22.7 Å². The molecular formula is C26H24N4O3. The van der Waals surface area contributed by atoms with E-state index in [-0.39, 0.29) is 12.0 Å². The van der Waals surface area contributed by atoms with Gasteiger partial charge in [-0.3, -0.25) is 14.6 Å². The van der Waals surface area contributed by atoms with Crippen LogP contribution in [0, 0.1) is 0 Å². The number of aromatic amines is 1. The van der Waals surface area contributed by atoms with Crippen LogP contribution in [0.1, 0.15) is 27.7 Å². The normalized spacial score (nSPS) is 16.1. The second-order valence-electron chi connectivity index (χ2n) is 8.15. The van der Waals surface area contributed by atoms with E-state index in [2.05, 4.69) is 9.97 Å². The SMILES string of the molecule is NC(=O)c1cccc(-c2ccc([C@H]3CN(C(=O)Cc4c[nH]c5ccccc45)CCO3)nc2)c1. The summed E-state index contributed by atoms with van der Waals surface area (Å²) < 4.78 is 5.92. The third-order valence-electron chi connectivity index (χ3n) is 6.03. The first-order chi connectivity index (χ1) is 16.1. The van der Waals surface area contributed by atoms with Crippen LogP contribution in [0.4, 0.5) is 0 Å². The van der Waals surface area contributed by atoms with Crippen molar-refractivity contribution in [1.82, 2.24) is 14.9 Å². The number of carbonyl (C=O) groups excluding carboxylic acids is 2. The first kappa shape index (κ1) is 20.9. The summed E-state index contributed by atoms with van der Waals surface area (Å²) in [6, 6.07) is 19.0. The monoisotopic (exact) mass is 440 g/mol. The van der Waals surface area contributed by atoms with Gasteiger partial charge in [-0.25, -0.2) is 0 Å². The number of H-pyrrole nitrogens is 1. The fourth-order valence-electron chi connectivity index (χ4n) is 4.23. The van der Waals surface area contributed by atoms with Crippen LogP contribution in [0.3, 0.4) is 0 Å². The van der Waals surface area contributed by atoms with Crippen molar-refractivity contribution in [1.29, 1.82) is 0 Å². The molecule has 0 spiro atoms. The predicted octanol–water partition coefficient (Wildman–Crippen LogP) is 3.47. The van der Waals surface area contributed by atoms with Crippen LogP contribution >= 0.6 is 0 Å². The van der Waals surface area contributed by atoms with Gasteiger partial charge in [0.05, 0.1) is 25.3 Å². The summed E-state index contributed by atoms with van der Waals surface area (Å²) in [5.41, 5.74) is 10.4. The number of hydrogen-bond acceptors (Lipinski definition) is 4. The molecule has 2 aromatic heterocycles. The van der Waals surface area contributed by atoms with E-state index in [1.165, 1.54) is 0 Å². The van der Waals surface area contributed by atoms with Crippen molar-refractivity contribution in [3.63, 3.8) is 0 Å². The van der Waals surface area contributed by atoms with Crippen LogP contribution in [0.15, 0.2) is 73.1 Å². The van der Waals surface area contributed by atoms with Crippen molar-refractivity contribution < 1.29 is 14.3 Å². The summed E-state index contributed by atoms with van der Waals surface area (Å²) in [6.07, 6.45) is 3.73. The molecule has 166 valence electrons. The number of nitrogens with one attached hydrogen (secondary N) is 1. The largest absolute Gasteiger partial charge is 0.368 e. The van der Waals surface area contributed by atoms with E-state index in [9.17, 15) is 9.59 Å². The topological polar surface area (TPSA) is 101 Å². The minimum atomic E-state index is -0.463. The molecule has 33 heavy (non-hydrogen) atoms. The van der Waals surface area contributed by atoms with E-state index in [0.717, 1.165) is 33.3 Å². The molecule has 0 unspecified atom stereocenters. The van der Waals surface area contributed by atoms with Crippen LogP contribution in [0.25, 0.3) is 22.0 Å². The number of ether oxygens (including phenoxy) is 1. The average Bonchev–Trinajstić information content (AvgIpc) is 3.27. The fourth-order valence-corrected chi connectivity index (χ4v) is 4.23. The van der Waals surface area contributed by atoms with Crippen LogP contribution < -0.4 is 5.73 Å². The molecule has 1 atom stereocenters. The van der Waals surface area contributed by atoms with Gasteiger partial charge in [0.25, 0.3) is 0 Å². The molecule has 1 fully saturated rings. The number of morpholine rings is 1. The quantitative estimate of drug-likeness (QED) is 0.496. The molecule has 3 N–H and O–H groups in total.